The zero-order chi connectivity index (χ0) is 19.9. The van der Waals surface area contributed by atoms with Gasteiger partial charge in [-0.2, -0.15) is 0 Å². The summed E-state index contributed by atoms with van der Waals surface area (Å²) in [6.45, 7) is 1.55. The zero-order valence-electron chi connectivity index (χ0n) is 15.9. The number of hydrogen-bond acceptors (Lipinski definition) is 4. The molecule has 6 heteroatoms. The number of carbonyl (C=O) groups excluding carboxylic acids is 3. The van der Waals surface area contributed by atoms with E-state index in [4.69, 9.17) is 0 Å². The first kappa shape index (κ1) is 19.6. The predicted molar refractivity (Wildman–Crippen MR) is 107 cm³/mol. The summed E-state index contributed by atoms with van der Waals surface area (Å²) in [5.74, 6) is -0.865. The molecule has 1 aliphatic heterocycles. The van der Waals surface area contributed by atoms with Gasteiger partial charge < -0.3 is 15.0 Å². The Labute approximate surface area is 164 Å². The van der Waals surface area contributed by atoms with Crippen molar-refractivity contribution >= 4 is 23.5 Å². The van der Waals surface area contributed by atoms with E-state index < -0.39 is 5.97 Å². The van der Waals surface area contributed by atoms with Gasteiger partial charge in [-0.25, -0.2) is 4.79 Å². The average molecular weight is 380 g/mol. The second-order valence-corrected chi connectivity index (χ2v) is 6.81. The Morgan fingerprint density at radius 1 is 0.857 bits per heavy atom. The minimum absolute atomic E-state index is 0.00862. The fraction of sp³-hybridized carbons (Fsp3) is 0.318. The number of nitrogens with one attached hydrogen (secondary N) is 1. The maximum absolute atomic E-state index is 12.8. The molecule has 146 valence electrons. The lowest BCUT2D eigenvalue weighted by atomic mass is 10.1. The van der Waals surface area contributed by atoms with Gasteiger partial charge in [-0.3, -0.25) is 9.59 Å². The number of anilines is 1. The fourth-order valence-electron chi connectivity index (χ4n) is 3.29. The van der Waals surface area contributed by atoms with E-state index in [2.05, 4.69) is 10.1 Å². The van der Waals surface area contributed by atoms with Crippen molar-refractivity contribution in [3.63, 3.8) is 0 Å². The van der Waals surface area contributed by atoms with Gasteiger partial charge in [0.1, 0.15) is 0 Å². The van der Waals surface area contributed by atoms with Gasteiger partial charge in [0, 0.05) is 29.9 Å². The Kier molecular flexibility index (Phi) is 6.42. The highest BCUT2D eigenvalue weighted by Gasteiger charge is 2.18. The van der Waals surface area contributed by atoms with Gasteiger partial charge in [-0.15, -0.1) is 0 Å². The summed E-state index contributed by atoms with van der Waals surface area (Å²) in [5, 5.41) is 2.79. The Hall–Kier alpha value is -3.15. The van der Waals surface area contributed by atoms with Crippen molar-refractivity contribution < 1.29 is 19.1 Å². The van der Waals surface area contributed by atoms with Crippen LogP contribution in [-0.4, -0.2) is 42.9 Å². The van der Waals surface area contributed by atoms with E-state index in [1.54, 1.807) is 42.5 Å². The second-order valence-electron chi connectivity index (χ2n) is 6.81. The highest BCUT2D eigenvalue weighted by atomic mass is 16.5. The summed E-state index contributed by atoms with van der Waals surface area (Å²) in [5.41, 5.74) is 1.74. The van der Waals surface area contributed by atoms with Gasteiger partial charge in [0.2, 0.25) is 0 Å². The SMILES string of the molecule is COC(=O)c1cccc(C(=O)Nc2cccc(C(=O)N3CCCCCC3)c2)c1. The fourth-order valence-corrected chi connectivity index (χ4v) is 3.29. The Morgan fingerprint density at radius 3 is 2.21 bits per heavy atom. The van der Waals surface area contributed by atoms with E-state index in [1.807, 2.05) is 4.90 Å². The zero-order valence-corrected chi connectivity index (χ0v) is 15.9. The molecule has 1 heterocycles. The lowest BCUT2D eigenvalue weighted by molar-refractivity contribution is 0.0600. The molecule has 1 aliphatic rings. The molecule has 0 unspecified atom stereocenters. The van der Waals surface area contributed by atoms with Crippen LogP contribution in [0.4, 0.5) is 5.69 Å². The van der Waals surface area contributed by atoms with Crippen molar-refractivity contribution in [3.05, 3.63) is 65.2 Å². The van der Waals surface area contributed by atoms with Crippen LogP contribution in [0.15, 0.2) is 48.5 Å². The average Bonchev–Trinajstić information content (AvgIpc) is 3.02. The number of carbonyl (C=O) groups is 3. The molecule has 2 aromatic carbocycles. The molecular weight excluding hydrogens is 356 g/mol. The van der Waals surface area contributed by atoms with Crippen LogP contribution in [0.3, 0.4) is 0 Å². The van der Waals surface area contributed by atoms with E-state index >= 15 is 0 Å². The van der Waals surface area contributed by atoms with Crippen LogP contribution in [0.5, 0.6) is 0 Å². The highest BCUT2D eigenvalue weighted by molar-refractivity contribution is 6.06. The van der Waals surface area contributed by atoms with Gasteiger partial charge in [0.05, 0.1) is 12.7 Å². The molecule has 0 bridgehead atoms. The van der Waals surface area contributed by atoms with E-state index in [-0.39, 0.29) is 11.8 Å². The number of methoxy groups -OCH3 is 1. The summed E-state index contributed by atoms with van der Waals surface area (Å²) in [4.78, 5) is 38.8. The molecule has 0 aromatic heterocycles. The molecule has 0 aliphatic carbocycles. The van der Waals surface area contributed by atoms with Crippen molar-refractivity contribution in [2.75, 3.05) is 25.5 Å². The van der Waals surface area contributed by atoms with Crippen molar-refractivity contribution in [2.24, 2.45) is 0 Å². The number of benzene rings is 2. The summed E-state index contributed by atoms with van der Waals surface area (Å²) < 4.78 is 4.69. The van der Waals surface area contributed by atoms with Gasteiger partial charge in [-0.05, 0) is 49.2 Å². The first-order chi connectivity index (χ1) is 13.6. The third kappa shape index (κ3) is 4.76. The lowest BCUT2D eigenvalue weighted by Crippen LogP contribution is -2.31. The molecular formula is C22H24N2O4. The molecule has 3 rings (SSSR count). The second kappa shape index (κ2) is 9.17. The smallest absolute Gasteiger partial charge is 0.337 e. The summed E-state index contributed by atoms with van der Waals surface area (Å²) in [6.07, 6.45) is 4.37. The van der Waals surface area contributed by atoms with Crippen molar-refractivity contribution in [3.8, 4) is 0 Å². The molecule has 1 N–H and O–H groups in total. The third-order valence-electron chi connectivity index (χ3n) is 4.81. The number of ether oxygens (including phenoxy) is 1. The molecule has 1 saturated heterocycles. The van der Waals surface area contributed by atoms with E-state index in [0.29, 0.717) is 22.4 Å². The number of amides is 2. The maximum atomic E-state index is 12.8. The number of hydrogen-bond donors (Lipinski definition) is 1. The van der Waals surface area contributed by atoms with Crippen molar-refractivity contribution in [1.29, 1.82) is 0 Å². The molecule has 0 saturated carbocycles. The molecule has 0 spiro atoms. The Bertz CT molecular complexity index is 870. The molecule has 2 amide bonds. The van der Waals surface area contributed by atoms with Crippen LogP contribution in [0.2, 0.25) is 0 Å². The monoisotopic (exact) mass is 380 g/mol. The molecule has 0 radical (unpaired) electrons. The number of nitrogens with zero attached hydrogens (tertiary/aromatic N) is 1. The number of esters is 1. The quantitative estimate of drug-likeness (QED) is 0.820. The Morgan fingerprint density at radius 2 is 1.50 bits per heavy atom. The number of likely N-dealkylation sites (tertiary alicyclic amines) is 1. The van der Waals surface area contributed by atoms with Crippen LogP contribution >= 0.6 is 0 Å². The first-order valence-corrected chi connectivity index (χ1v) is 9.47. The van der Waals surface area contributed by atoms with Crippen LogP contribution in [0.1, 0.15) is 56.8 Å². The van der Waals surface area contributed by atoms with Crippen LogP contribution < -0.4 is 5.32 Å². The van der Waals surface area contributed by atoms with Gasteiger partial charge >= 0.3 is 5.97 Å². The lowest BCUT2D eigenvalue weighted by Gasteiger charge is -2.20. The van der Waals surface area contributed by atoms with Crippen LogP contribution in [0, 0.1) is 0 Å². The third-order valence-corrected chi connectivity index (χ3v) is 4.81. The normalized spacial score (nSPS) is 14.1. The van der Waals surface area contributed by atoms with Crippen molar-refractivity contribution in [2.45, 2.75) is 25.7 Å². The van der Waals surface area contributed by atoms with Gasteiger partial charge in [0.25, 0.3) is 11.8 Å². The van der Waals surface area contributed by atoms with Crippen LogP contribution in [-0.2, 0) is 4.74 Å². The van der Waals surface area contributed by atoms with E-state index in [9.17, 15) is 14.4 Å². The van der Waals surface area contributed by atoms with Crippen molar-refractivity contribution in [1.82, 2.24) is 4.90 Å². The largest absolute Gasteiger partial charge is 0.465 e. The minimum Gasteiger partial charge on any atom is -0.465 e. The molecule has 2 aromatic rings. The molecule has 0 atom stereocenters. The summed E-state index contributed by atoms with van der Waals surface area (Å²) in [7, 11) is 1.29. The van der Waals surface area contributed by atoms with Gasteiger partial charge in [0.15, 0.2) is 0 Å². The Balaban J connectivity index is 1.73. The number of rotatable bonds is 4. The van der Waals surface area contributed by atoms with Gasteiger partial charge in [-0.1, -0.05) is 25.0 Å². The summed E-state index contributed by atoms with van der Waals surface area (Å²) in [6, 6.07) is 13.3. The van der Waals surface area contributed by atoms with E-state index in [0.717, 1.165) is 38.8 Å². The molecule has 28 heavy (non-hydrogen) atoms. The summed E-state index contributed by atoms with van der Waals surface area (Å²) >= 11 is 0. The predicted octanol–water partition coefficient (Wildman–Crippen LogP) is 3.74. The van der Waals surface area contributed by atoms with E-state index in [1.165, 1.54) is 13.2 Å². The first-order valence-electron chi connectivity index (χ1n) is 9.47. The standard InChI is InChI=1S/C22H24N2O4/c1-28-22(27)18-10-6-8-16(14-18)20(25)23-19-11-7-9-17(15-19)21(26)24-12-4-2-3-5-13-24/h6-11,14-15H,2-5,12-13H2,1H3,(H,23,25). The minimum atomic E-state index is -0.500. The maximum Gasteiger partial charge on any atom is 0.337 e. The topological polar surface area (TPSA) is 75.7 Å². The molecule has 6 nitrogen and oxygen atoms in total. The highest BCUT2D eigenvalue weighted by Crippen LogP contribution is 2.17. The molecule has 1 fully saturated rings. The van der Waals surface area contributed by atoms with Crippen LogP contribution in [0.25, 0.3) is 0 Å².